The normalized spacial score (nSPS) is 12.6. The van der Waals surface area contributed by atoms with E-state index in [0.717, 1.165) is 24.3 Å². The number of hydrogen-bond acceptors (Lipinski definition) is 4. The predicted octanol–water partition coefficient (Wildman–Crippen LogP) is 4.35. The van der Waals surface area contributed by atoms with Gasteiger partial charge in [-0.25, -0.2) is 0 Å². The third-order valence-electron chi connectivity index (χ3n) is 3.33. The second-order valence-electron chi connectivity index (χ2n) is 5.47. The van der Waals surface area contributed by atoms with Gasteiger partial charge in [-0.15, -0.1) is 24.8 Å². The van der Waals surface area contributed by atoms with Gasteiger partial charge in [0.2, 0.25) is 0 Å². The first kappa shape index (κ1) is 23.6. The molecule has 0 saturated carbocycles. The smallest absolute Gasteiger partial charge is 0.0192 e. The van der Waals surface area contributed by atoms with Crippen LogP contribution in [-0.4, -0.2) is 23.6 Å². The molecule has 0 spiro atoms. The largest absolute Gasteiger partial charge is 0.327 e. The number of hydrogen-bond donors (Lipinski definition) is 2. The molecule has 0 amide bonds. The summed E-state index contributed by atoms with van der Waals surface area (Å²) in [4.78, 5) is 0. The fourth-order valence-electron chi connectivity index (χ4n) is 2.22. The van der Waals surface area contributed by atoms with Gasteiger partial charge in [0.1, 0.15) is 0 Å². The highest BCUT2D eigenvalue weighted by molar-refractivity contribution is 8.76. The second-order valence-corrected chi connectivity index (χ2v) is 8.02. The van der Waals surface area contributed by atoms with Gasteiger partial charge in [0.05, 0.1) is 0 Å². The van der Waals surface area contributed by atoms with Crippen LogP contribution < -0.4 is 11.5 Å². The van der Waals surface area contributed by atoms with E-state index in [1.165, 1.54) is 11.1 Å². The Labute approximate surface area is 165 Å². The van der Waals surface area contributed by atoms with Gasteiger partial charge in [0.25, 0.3) is 0 Å². The molecule has 2 aromatic carbocycles. The first-order valence-electron chi connectivity index (χ1n) is 7.57. The van der Waals surface area contributed by atoms with Crippen molar-refractivity contribution in [3.8, 4) is 0 Å². The van der Waals surface area contributed by atoms with Crippen LogP contribution in [0.15, 0.2) is 60.7 Å². The van der Waals surface area contributed by atoms with Crippen LogP contribution in [0.2, 0.25) is 0 Å². The Bertz CT molecular complexity index is 480. The van der Waals surface area contributed by atoms with E-state index in [4.69, 9.17) is 11.5 Å². The summed E-state index contributed by atoms with van der Waals surface area (Å²) in [6.45, 7) is 0. The molecule has 0 radical (unpaired) electrons. The van der Waals surface area contributed by atoms with Gasteiger partial charge in [0.15, 0.2) is 0 Å². The standard InChI is InChI=1S/C18H24N2S2.2ClH/c19-17(11-15-7-3-1-4-8-15)13-21-22-14-18(20)12-16-9-5-2-6-10-16;;/h1-10,17-18H,11-14,19-20H2;2*1H/t17-,18-;;/m0../s1. The van der Waals surface area contributed by atoms with Gasteiger partial charge in [-0.2, -0.15) is 0 Å². The van der Waals surface area contributed by atoms with E-state index < -0.39 is 0 Å². The molecule has 134 valence electrons. The van der Waals surface area contributed by atoms with Gasteiger partial charge in [-0.05, 0) is 24.0 Å². The van der Waals surface area contributed by atoms with Crippen LogP contribution in [0, 0.1) is 0 Å². The zero-order chi connectivity index (χ0) is 15.6. The first-order chi connectivity index (χ1) is 10.7. The number of nitrogens with two attached hydrogens (primary N) is 2. The van der Waals surface area contributed by atoms with Crippen LogP contribution in [0.4, 0.5) is 0 Å². The summed E-state index contributed by atoms with van der Waals surface area (Å²) in [5.41, 5.74) is 15.0. The zero-order valence-electron chi connectivity index (χ0n) is 13.5. The van der Waals surface area contributed by atoms with Crippen molar-refractivity contribution in [2.24, 2.45) is 11.5 Å². The zero-order valence-corrected chi connectivity index (χ0v) is 16.8. The summed E-state index contributed by atoms with van der Waals surface area (Å²) in [6.07, 6.45) is 1.87. The van der Waals surface area contributed by atoms with Gasteiger partial charge in [-0.1, -0.05) is 82.3 Å². The van der Waals surface area contributed by atoms with Gasteiger partial charge >= 0.3 is 0 Å². The van der Waals surface area contributed by atoms with Crippen LogP contribution in [0.5, 0.6) is 0 Å². The Morgan fingerprint density at radius 3 is 1.29 bits per heavy atom. The number of rotatable bonds is 9. The molecule has 24 heavy (non-hydrogen) atoms. The van der Waals surface area contributed by atoms with E-state index in [1.807, 2.05) is 33.7 Å². The van der Waals surface area contributed by atoms with Gasteiger partial charge in [0, 0.05) is 23.6 Å². The van der Waals surface area contributed by atoms with Crippen molar-refractivity contribution in [3.05, 3.63) is 71.8 Å². The number of halogens is 2. The van der Waals surface area contributed by atoms with Crippen LogP contribution in [0.3, 0.4) is 0 Å². The Morgan fingerprint density at radius 2 is 0.958 bits per heavy atom. The van der Waals surface area contributed by atoms with Crippen molar-refractivity contribution >= 4 is 46.4 Å². The maximum absolute atomic E-state index is 6.18. The summed E-state index contributed by atoms with van der Waals surface area (Å²) in [5, 5.41) is 0. The molecule has 0 bridgehead atoms. The minimum absolute atomic E-state index is 0. The van der Waals surface area contributed by atoms with Crippen LogP contribution in [0.25, 0.3) is 0 Å². The summed E-state index contributed by atoms with van der Waals surface area (Å²) in [6, 6.07) is 21.2. The van der Waals surface area contributed by atoms with Gasteiger partial charge in [-0.3, -0.25) is 0 Å². The first-order valence-corrected chi connectivity index (χ1v) is 10.1. The highest BCUT2D eigenvalue weighted by Gasteiger charge is 2.07. The summed E-state index contributed by atoms with van der Waals surface area (Å²) in [7, 11) is 3.66. The molecule has 0 saturated heterocycles. The third-order valence-corrected chi connectivity index (χ3v) is 5.94. The van der Waals surface area contributed by atoms with Crippen molar-refractivity contribution in [1.29, 1.82) is 0 Å². The minimum Gasteiger partial charge on any atom is -0.327 e. The lowest BCUT2D eigenvalue weighted by molar-refractivity contribution is 0.747. The van der Waals surface area contributed by atoms with E-state index in [0.29, 0.717) is 0 Å². The molecule has 6 heteroatoms. The lowest BCUT2D eigenvalue weighted by atomic mass is 10.1. The molecular formula is C18H26Cl2N2S2. The quantitative estimate of drug-likeness (QED) is 0.481. The van der Waals surface area contributed by atoms with Crippen LogP contribution in [0.1, 0.15) is 11.1 Å². The Balaban J connectivity index is 0.00000264. The monoisotopic (exact) mass is 404 g/mol. The van der Waals surface area contributed by atoms with Crippen molar-refractivity contribution in [3.63, 3.8) is 0 Å². The fraction of sp³-hybridized carbons (Fsp3) is 0.333. The molecular weight excluding hydrogens is 379 g/mol. The molecule has 0 aliphatic carbocycles. The van der Waals surface area contributed by atoms with Crippen LogP contribution in [-0.2, 0) is 12.8 Å². The summed E-state index contributed by atoms with van der Waals surface area (Å²) >= 11 is 0. The SMILES string of the molecule is Cl.Cl.N[C@H](CSSC[C@@H](N)Cc1ccccc1)Cc1ccccc1. The molecule has 0 unspecified atom stereocenters. The second kappa shape index (κ2) is 13.9. The van der Waals surface area contributed by atoms with E-state index in [1.54, 1.807) is 0 Å². The molecule has 4 N–H and O–H groups in total. The lowest BCUT2D eigenvalue weighted by Crippen LogP contribution is -2.26. The summed E-state index contributed by atoms with van der Waals surface area (Å²) < 4.78 is 0. The minimum atomic E-state index is 0. The van der Waals surface area contributed by atoms with E-state index in [9.17, 15) is 0 Å². The Kier molecular flexibility index (Phi) is 13.7. The highest BCUT2D eigenvalue weighted by atomic mass is 35.5. The molecule has 2 atom stereocenters. The topological polar surface area (TPSA) is 52.0 Å². The average Bonchev–Trinajstić information content (AvgIpc) is 2.53. The van der Waals surface area contributed by atoms with Crippen LogP contribution >= 0.6 is 46.4 Å². The molecule has 0 aliphatic heterocycles. The van der Waals surface area contributed by atoms with E-state index >= 15 is 0 Å². The third kappa shape index (κ3) is 9.82. The molecule has 0 aliphatic rings. The Morgan fingerprint density at radius 1 is 0.625 bits per heavy atom. The molecule has 2 rings (SSSR count). The van der Waals surface area contributed by atoms with Crippen molar-refractivity contribution in [2.75, 3.05) is 11.5 Å². The van der Waals surface area contributed by atoms with Crippen molar-refractivity contribution in [2.45, 2.75) is 24.9 Å². The number of benzene rings is 2. The molecule has 0 aromatic heterocycles. The highest BCUT2D eigenvalue weighted by Crippen LogP contribution is 2.23. The predicted molar refractivity (Wildman–Crippen MR) is 116 cm³/mol. The van der Waals surface area contributed by atoms with Gasteiger partial charge < -0.3 is 11.5 Å². The maximum atomic E-state index is 6.18. The average molecular weight is 405 g/mol. The Hall–Kier alpha value is -0.360. The molecule has 2 aromatic rings. The fourth-order valence-corrected chi connectivity index (χ4v) is 4.63. The van der Waals surface area contributed by atoms with Crippen molar-refractivity contribution < 1.29 is 0 Å². The summed E-state index contributed by atoms with van der Waals surface area (Å²) in [5.74, 6) is 1.91. The molecule has 0 fully saturated rings. The van der Waals surface area contributed by atoms with Crippen molar-refractivity contribution in [1.82, 2.24) is 0 Å². The molecule has 2 nitrogen and oxygen atoms in total. The van der Waals surface area contributed by atoms with E-state index in [-0.39, 0.29) is 36.9 Å². The maximum Gasteiger partial charge on any atom is 0.0192 e. The molecule has 0 heterocycles. The lowest BCUT2D eigenvalue weighted by Gasteiger charge is -2.13. The van der Waals surface area contributed by atoms with E-state index in [2.05, 4.69) is 48.5 Å².